The molecule has 0 radical (unpaired) electrons. The third-order valence-corrected chi connectivity index (χ3v) is 4.70. The van der Waals surface area contributed by atoms with Crippen LogP contribution in [0, 0.1) is 5.92 Å². The molecule has 0 aromatic heterocycles. The van der Waals surface area contributed by atoms with E-state index in [-0.39, 0.29) is 17.9 Å². The molecule has 5 nitrogen and oxygen atoms in total. The molecule has 1 aliphatic heterocycles. The number of carboxylic acid groups (broad SMARTS) is 1. The molecule has 0 saturated heterocycles. The maximum atomic E-state index is 12.7. The van der Waals surface area contributed by atoms with Crippen molar-refractivity contribution in [2.75, 3.05) is 0 Å². The van der Waals surface area contributed by atoms with E-state index in [1.165, 1.54) is 4.90 Å². The number of carboxylic acids is 1. The van der Waals surface area contributed by atoms with Crippen molar-refractivity contribution in [1.82, 2.24) is 4.90 Å². The van der Waals surface area contributed by atoms with E-state index in [1.807, 2.05) is 24.3 Å². The summed E-state index contributed by atoms with van der Waals surface area (Å²) in [6.07, 6.45) is 2.93. The molecule has 1 aromatic rings. The summed E-state index contributed by atoms with van der Waals surface area (Å²) in [5.74, 6) is -1.26. The van der Waals surface area contributed by atoms with Crippen LogP contribution >= 0.6 is 0 Å². The lowest BCUT2D eigenvalue weighted by Gasteiger charge is -2.36. The second-order valence-corrected chi connectivity index (χ2v) is 5.99. The lowest BCUT2D eigenvalue weighted by Crippen LogP contribution is -2.52. The van der Waals surface area contributed by atoms with Crippen LogP contribution in [0.15, 0.2) is 24.3 Å². The van der Waals surface area contributed by atoms with Gasteiger partial charge in [-0.1, -0.05) is 30.7 Å². The minimum absolute atomic E-state index is 0.0955. The van der Waals surface area contributed by atoms with E-state index >= 15 is 0 Å². The van der Waals surface area contributed by atoms with Crippen LogP contribution in [0.4, 0.5) is 0 Å². The zero-order chi connectivity index (χ0) is 15.0. The number of fused-ring (bicyclic) bond motifs is 1. The summed E-state index contributed by atoms with van der Waals surface area (Å²) >= 11 is 0. The van der Waals surface area contributed by atoms with Gasteiger partial charge in [0.15, 0.2) is 0 Å². The highest BCUT2D eigenvalue weighted by atomic mass is 16.4. The van der Waals surface area contributed by atoms with Crippen LogP contribution in [-0.2, 0) is 22.6 Å². The minimum Gasteiger partial charge on any atom is -0.480 e. The highest BCUT2D eigenvalue weighted by molar-refractivity contribution is 5.86. The Hall–Kier alpha value is -1.88. The first-order valence-corrected chi connectivity index (χ1v) is 7.43. The monoisotopic (exact) mass is 288 g/mol. The van der Waals surface area contributed by atoms with E-state index in [0.717, 1.165) is 30.4 Å². The van der Waals surface area contributed by atoms with Crippen molar-refractivity contribution in [3.05, 3.63) is 35.4 Å². The third-order valence-electron chi connectivity index (χ3n) is 4.70. The number of hydrogen-bond donors (Lipinski definition) is 2. The molecular weight excluding hydrogens is 268 g/mol. The van der Waals surface area contributed by atoms with Crippen molar-refractivity contribution < 1.29 is 14.7 Å². The van der Waals surface area contributed by atoms with Gasteiger partial charge < -0.3 is 15.7 Å². The first-order chi connectivity index (χ1) is 10.1. The molecule has 1 saturated carbocycles. The zero-order valence-corrected chi connectivity index (χ0v) is 11.9. The lowest BCUT2D eigenvalue weighted by molar-refractivity contribution is -0.153. The average molecular weight is 288 g/mol. The van der Waals surface area contributed by atoms with Crippen molar-refractivity contribution in [3.8, 4) is 0 Å². The highest BCUT2D eigenvalue weighted by Crippen LogP contribution is 2.30. The topological polar surface area (TPSA) is 83.6 Å². The van der Waals surface area contributed by atoms with Crippen LogP contribution in [-0.4, -0.2) is 34.0 Å². The van der Waals surface area contributed by atoms with Gasteiger partial charge in [0.1, 0.15) is 6.04 Å². The summed E-state index contributed by atoms with van der Waals surface area (Å²) in [7, 11) is 0. The fraction of sp³-hybridized carbons (Fsp3) is 0.500. The standard InChI is InChI=1S/C16H20N2O3/c17-13-7-3-6-12(13)15(19)18-9-11-5-2-1-4-10(11)8-14(18)16(20)21/h1-2,4-5,12-14H,3,6-9,17H2,(H,20,21)/t12?,13?,14-/m0/s1. The molecule has 3 atom stereocenters. The van der Waals surface area contributed by atoms with E-state index in [1.54, 1.807) is 0 Å². The van der Waals surface area contributed by atoms with Gasteiger partial charge in [0.25, 0.3) is 0 Å². The number of carbonyl (C=O) groups excluding carboxylic acids is 1. The Morgan fingerprint density at radius 3 is 2.52 bits per heavy atom. The summed E-state index contributed by atoms with van der Waals surface area (Å²) < 4.78 is 0. The first kappa shape index (κ1) is 14.1. The van der Waals surface area contributed by atoms with Crippen LogP contribution in [0.5, 0.6) is 0 Å². The predicted molar refractivity (Wildman–Crippen MR) is 77.4 cm³/mol. The van der Waals surface area contributed by atoms with Gasteiger partial charge in [0.05, 0.1) is 5.92 Å². The first-order valence-electron chi connectivity index (χ1n) is 7.43. The summed E-state index contributed by atoms with van der Waals surface area (Å²) in [4.78, 5) is 25.8. The number of benzene rings is 1. The zero-order valence-electron chi connectivity index (χ0n) is 11.9. The Labute approximate surface area is 123 Å². The molecule has 3 rings (SSSR count). The van der Waals surface area contributed by atoms with E-state index in [0.29, 0.717) is 13.0 Å². The van der Waals surface area contributed by atoms with Crippen LogP contribution in [0.1, 0.15) is 30.4 Å². The number of carbonyl (C=O) groups is 2. The molecule has 0 spiro atoms. The lowest BCUT2D eigenvalue weighted by atomic mass is 9.91. The fourth-order valence-electron chi connectivity index (χ4n) is 3.48. The molecular formula is C16H20N2O3. The van der Waals surface area contributed by atoms with Gasteiger partial charge in [-0.25, -0.2) is 4.79 Å². The van der Waals surface area contributed by atoms with Crippen molar-refractivity contribution in [2.45, 2.75) is 44.3 Å². The minimum atomic E-state index is -0.940. The third kappa shape index (κ3) is 2.53. The van der Waals surface area contributed by atoms with Crippen LogP contribution in [0.2, 0.25) is 0 Å². The molecule has 1 heterocycles. The molecule has 3 N–H and O–H groups in total. The van der Waals surface area contributed by atoms with Gasteiger partial charge in [-0.15, -0.1) is 0 Å². The number of hydrogen-bond acceptors (Lipinski definition) is 3. The van der Waals surface area contributed by atoms with Crippen LogP contribution < -0.4 is 5.73 Å². The summed E-state index contributed by atoms with van der Waals surface area (Å²) in [5, 5.41) is 9.47. The quantitative estimate of drug-likeness (QED) is 0.855. The van der Waals surface area contributed by atoms with Gasteiger partial charge in [0.2, 0.25) is 5.91 Å². The van der Waals surface area contributed by atoms with E-state index in [4.69, 9.17) is 5.73 Å². The van der Waals surface area contributed by atoms with Crippen molar-refractivity contribution in [1.29, 1.82) is 0 Å². The van der Waals surface area contributed by atoms with Crippen molar-refractivity contribution >= 4 is 11.9 Å². The summed E-state index contributed by atoms with van der Waals surface area (Å²) in [5.41, 5.74) is 8.06. The van der Waals surface area contributed by atoms with Gasteiger partial charge in [0, 0.05) is 19.0 Å². The SMILES string of the molecule is NC1CCCC1C(=O)N1Cc2ccccc2C[C@H]1C(=O)O. The highest BCUT2D eigenvalue weighted by Gasteiger charge is 2.40. The molecule has 0 bridgehead atoms. The summed E-state index contributed by atoms with van der Waals surface area (Å²) in [6, 6.07) is 6.81. The average Bonchev–Trinajstić information content (AvgIpc) is 2.91. The molecule has 2 aliphatic rings. The maximum absolute atomic E-state index is 12.7. The Balaban J connectivity index is 1.89. The molecule has 5 heteroatoms. The van der Waals surface area contributed by atoms with Gasteiger partial charge in [-0.3, -0.25) is 4.79 Å². The Morgan fingerprint density at radius 2 is 1.90 bits per heavy atom. The van der Waals surface area contributed by atoms with Crippen LogP contribution in [0.3, 0.4) is 0 Å². The second kappa shape index (κ2) is 5.48. The number of rotatable bonds is 2. The number of aliphatic carboxylic acids is 1. The van der Waals surface area contributed by atoms with Gasteiger partial charge in [-0.05, 0) is 24.0 Å². The normalized spacial score (nSPS) is 28.2. The Morgan fingerprint density at radius 1 is 1.19 bits per heavy atom. The summed E-state index contributed by atoms with van der Waals surface area (Å²) in [6.45, 7) is 0.370. The molecule has 1 amide bonds. The molecule has 1 fully saturated rings. The van der Waals surface area contributed by atoms with Gasteiger partial charge >= 0.3 is 5.97 Å². The Bertz CT molecular complexity index is 572. The number of nitrogens with zero attached hydrogens (tertiary/aromatic N) is 1. The molecule has 2 unspecified atom stereocenters. The maximum Gasteiger partial charge on any atom is 0.326 e. The van der Waals surface area contributed by atoms with E-state index in [2.05, 4.69) is 0 Å². The molecule has 1 aromatic carbocycles. The second-order valence-electron chi connectivity index (χ2n) is 5.99. The van der Waals surface area contributed by atoms with Crippen LogP contribution in [0.25, 0.3) is 0 Å². The number of nitrogens with two attached hydrogens (primary N) is 1. The van der Waals surface area contributed by atoms with E-state index < -0.39 is 12.0 Å². The van der Waals surface area contributed by atoms with Crippen molar-refractivity contribution in [2.24, 2.45) is 11.7 Å². The Kier molecular flexibility index (Phi) is 3.68. The molecule has 1 aliphatic carbocycles. The molecule has 112 valence electrons. The smallest absolute Gasteiger partial charge is 0.326 e. The van der Waals surface area contributed by atoms with Gasteiger partial charge in [-0.2, -0.15) is 0 Å². The fourth-order valence-corrected chi connectivity index (χ4v) is 3.48. The van der Waals surface area contributed by atoms with E-state index in [9.17, 15) is 14.7 Å². The number of amides is 1. The van der Waals surface area contributed by atoms with Crippen molar-refractivity contribution in [3.63, 3.8) is 0 Å². The molecule has 21 heavy (non-hydrogen) atoms. The largest absolute Gasteiger partial charge is 0.480 e. The predicted octanol–water partition coefficient (Wildman–Crippen LogP) is 1.15.